The minimum absolute atomic E-state index is 0.248. The summed E-state index contributed by atoms with van der Waals surface area (Å²) in [5, 5.41) is 5.88. The molecule has 25 heavy (non-hydrogen) atoms. The van der Waals surface area contributed by atoms with Crippen molar-refractivity contribution in [3.8, 4) is 0 Å². The molecule has 3 N–H and O–H groups in total. The van der Waals surface area contributed by atoms with Gasteiger partial charge < -0.3 is 15.6 Å². The number of aromatic amines is 1. The topological polar surface area (TPSA) is 74.0 Å². The molecule has 0 saturated carbocycles. The Kier molecular flexibility index (Phi) is 5.16. The van der Waals surface area contributed by atoms with Crippen molar-refractivity contribution in [3.63, 3.8) is 0 Å². The first-order chi connectivity index (χ1) is 12.1. The predicted molar refractivity (Wildman–Crippen MR) is 97.8 cm³/mol. The maximum absolute atomic E-state index is 12.2. The molecule has 2 aromatic carbocycles. The Balaban J connectivity index is 1.61. The summed E-state index contributed by atoms with van der Waals surface area (Å²) in [5.41, 5.74) is 1.74. The highest BCUT2D eigenvalue weighted by molar-refractivity contribution is 6.34. The van der Waals surface area contributed by atoms with Crippen molar-refractivity contribution in [3.05, 3.63) is 88.6 Å². The summed E-state index contributed by atoms with van der Waals surface area (Å²) in [5.74, 6) is -0.166. The molecule has 3 aromatic rings. The van der Waals surface area contributed by atoms with E-state index in [-0.39, 0.29) is 11.8 Å². The standard InChI is InChI=1S/C19H16ClN3O2/c20-15-9-5-4-8-14(15)18(24)23-17-11-10-16(22-17)19(25)21-12-13-6-2-1-3-7-13/h1-11,22H,12H2,(H,21,25)(H,23,24). The average Bonchev–Trinajstić information content (AvgIpc) is 3.09. The number of halogens is 1. The number of benzene rings is 2. The van der Waals surface area contributed by atoms with E-state index in [1.807, 2.05) is 30.3 Å². The van der Waals surface area contributed by atoms with E-state index in [1.54, 1.807) is 36.4 Å². The van der Waals surface area contributed by atoms with Crippen LogP contribution in [0.15, 0.2) is 66.7 Å². The maximum atomic E-state index is 12.2. The highest BCUT2D eigenvalue weighted by Crippen LogP contribution is 2.17. The van der Waals surface area contributed by atoms with Crippen LogP contribution in [0.1, 0.15) is 26.4 Å². The lowest BCUT2D eigenvalue weighted by Crippen LogP contribution is -2.23. The molecular weight excluding hydrogens is 338 g/mol. The quantitative estimate of drug-likeness (QED) is 0.651. The fraction of sp³-hybridized carbons (Fsp3) is 0.0526. The van der Waals surface area contributed by atoms with Crippen LogP contribution >= 0.6 is 11.6 Å². The number of hydrogen-bond donors (Lipinski definition) is 3. The van der Waals surface area contributed by atoms with E-state index in [1.165, 1.54) is 0 Å². The molecule has 0 saturated heterocycles. The van der Waals surface area contributed by atoms with Crippen molar-refractivity contribution >= 4 is 29.2 Å². The Bertz CT molecular complexity index is 890. The highest BCUT2D eigenvalue weighted by atomic mass is 35.5. The summed E-state index contributed by atoms with van der Waals surface area (Å²) in [4.78, 5) is 27.3. The second kappa shape index (κ2) is 7.68. The monoisotopic (exact) mass is 353 g/mol. The molecule has 3 rings (SSSR count). The van der Waals surface area contributed by atoms with Gasteiger partial charge in [-0.15, -0.1) is 0 Å². The third-order valence-electron chi connectivity index (χ3n) is 3.59. The van der Waals surface area contributed by atoms with Gasteiger partial charge in [-0.3, -0.25) is 9.59 Å². The molecule has 0 bridgehead atoms. The molecule has 6 heteroatoms. The van der Waals surface area contributed by atoms with Crippen LogP contribution in [0.2, 0.25) is 5.02 Å². The summed E-state index contributed by atoms with van der Waals surface area (Å²) in [6, 6.07) is 19.6. The molecule has 0 fully saturated rings. The molecule has 126 valence electrons. The molecular formula is C19H16ClN3O2. The van der Waals surface area contributed by atoms with Gasteiger partial charge in [0.1, 0.15) is 11.5 Å². The van der Waals surface area contributed by atoms with E-state index in [0.29, 0.717) is 28.6 Å². The third kappa shape index (κ3) is 4.28. The first-order valence-corrected chi connectivity index (χ1v) is 8.08. The van der Waals surface area contributed by atoms with Gasteiger partial charge >= 0.3 is 0 Å². The maximum Gasteiger partial charge on any atom is 0.268 e. The van der Waals surface area contributed by atoms with Crippen molar-refractivity contribution in [2.45, 2.75) is 6.54 Å². The zero-order valence-corrected chi connectivity index (χ0v) is 14.0. The highest BCUT2D eigenvalue weighted by Gasteiger charge is 2.12. The number of aromatic nitrogens is 1. The Morgan fingerprint density at radius 3 is 2.36 bits per heavy atom. The first kappa shape index (κ1) is 16.8. The van der Waals surface area contributed by atoms with Gasteiger partial charge in [-0.05, 0) is 29.8 Å². The van der Waals surface area contributed by atoms with E-state index in [9.17, 15) is 9.59 Å². The fourth-order valence-corrected chi connectivity index (χ4v) is 2.53. The molecule has 5 nitrogen and oxygen atoms in total. The van der Waals surface area contributed by atoms with Gasteiger partial charge in [0.2, 0.25) is 0 Å². The van der Waals surface area contributed by atoms with E-state index >= 15 is 0 Å². The normalized spacial score (nSPS) is 10.3. The zero-order chi connectivity index (χ0) is 17.6. The number of rotatable bonds is 5. The molecule has 1 heterocycles. The number of carbonyl (C=O) groups excluding carboxylic acids is 2. The lowest BCUT2D eigenvalue weighted by Gasteiger charge is -2.05. The molecule has 0 spiro atoms. The van der Waals surface area contributed by atoms with E-state index in [0.717, 1.165) is 5.56 Å². The average molecular weight is 354 g/mol. The summed E-state index contributed by atoms with van der Waals surface area (Å²) in [7, 11) is 0. The van der Waals surface area contributed by atoms with Crippen LogP contribution in [0.4, 0.5) is 5.82 Å². The molecule has 0 aliphatic heterocycles. The summed E-state index contributed by atoms with van der Waals surface area (Å²) in [6.45, 7) is 0.431. The number of H-pyrrole nitrogens is 1. The summed E-state index contributed by atoms with van der Waals surface area (Å²) >= 11 is 6.01. The van der Waals surface area contributed by atoms with Crippen LogP contribution in [0.5, 0.6) is 0 Å². The Labute approximate surface area is 150 Å². The van der Waals surface area contributed by atoms with Crippen molar-refractivity contribution < 1.29 is 9.59 Å². The number of hydrogen-bond acceptors (Lipinski definition) is 2. The van der Waals surface area contributed by atoms with Crippen molar-refractivity contribution in [1.82, 2.24) is 10.3 Å². The minimum atomic E-state index is -0.344. The van der Waals surface area contributed by atoms with Gasteiger partial charge in [0.15, 0.2) is 0 Å². The predicted octanol–water partition coefficient (Wildman–Crippen LogP) is 3.85. The molecule has 0 unspecified atom stereocenters. The lowest BCUT2D eigenvalue weighted by atomic mass is 10.2. The number of anilines is 1. The van der Waals surface area contributed by atoms with Gasteiger partial charge in [-0.25, -0.2) is 0 Å². The summed E-state index contributed by atoms with van der Waals surface area (Å²) < 4.78 is 0. The summed E-state index contributed by atoms with van der Waals surface area (Å²) in [6.07, 6.45) is 0. The number of carbonyl (C=O) groups is 2. The number of nitrogens with one attached hydrogen (secondary N) is 3. The SMILES string of the molecule is O=C(NCc1ccccc1)c1ccc(NC(=O)c2ccccc2Cl)[nH]1. The van der Waals surface area contributed by atoms with Crippen LogP contribution in [-0.4, -0.2) is 16.8 Å². The van der Waals surface area contributed by atoms with Crippen LogP contribution in [0, 0.1) is 0 Å². The Morgan fingerprint density at radius 1 is 0.880 bits per heavy atom. The van der Waals surface area contributed by atoms with Crippen LogP contribution in [0.25, 0.3) is 0 Å². The molecule has 0 aliphatic rings. The van der Waals surface area contributed by atoms with Crippen LogP contribution < -0.4 is 10.6 Å². The zero-order valence-electron chi connectivity index (χ0n) is 13.3. The van der Waals surface area contributed by atoms with Gasteiger partial charge in [-0.2, -0.15) is 0 Å². The second-order valence-corrected chi connectivity index (χ2v) is 5.80. The second-order valence-electron chi connectivity index (χ2n) is 5.39. The molecule has 0 atom stereocenters. The van der Waals surface area contributed by atoms with Crippen molar-refractivity contribution in [1.29, 1.82) is 0 Å². The van der Waals surface area contributed by atoms with Gasteiger partial charge in [0.05, 0.1) is 10.6 Å². The molecule has 0 radical (unpaired) electrons. The Morgan fingerprint density at radius 2 is 1.60 bits per heavy atom. The molecule has 1 aromatic heterocycles. The Hall–Kier alpha value is -3.05. The fourth-order valence-electron chi connectivity index (χ4n) is 2.31. The third-order valence-corrected chi connectivity index (χ3v) is 3.92. The number of amides is 2. The van der Waals surface area contributed by atoms with Crippen molar-refractivity contribution in [2.24, 2.45) is 0 Å². The largest absolute Gasteiger partial charge is 0.347 e. The minimum Gasteiger partial charge on any atom is -0.347 e. The van der Waals surface area contributed by atoms with Gasteiger partial charge in [0.25, 0.3) is 11.8 Å². The smallest absolute Gasteiger partial charge is 0.268 e. The van der Waals surface area contributed by atoms with Crippen LogP contribution in [0.3, 0.4) is 0 Å². The molecule has 0 aliphatic carbocycles. The van der Waals surface area contributed by atoms with E-state index in [4.69, 9.17) is 11.6 Å². The van der Waals surface area contributed by atoms with Gasteiger partial charge in [0, 0.05) is 6.54 Å². The van der Waals surface area contributed by atoms with Crippen LogP contribution in [-0.2, 0) is 6.54 Å². The van der Waals surface area contributed by atoms with Gasteiger partial charge in [-0.1, -0.05) is 54.1 Å². The lowest BCUT2D eigenvalue weighted by molar-refractivity contribution is 0.0945. The van der Waals surface area contributed by atoms with E-state index in [2.05, 4.69) is 15.6 Å². The van der Waals surface area contributed by atoms with Crippen molar-refractivity contribution in [2.75, 3.05) is 5.32 Å². The molecule has 2 amide bonds. The van der Waals surface area contributed by atoms with E-state index < -0.39 is 0 Å². The first-order valence-electron chi connectivity index (χ1n) is 7.70.